The van der Waals surface area contributed by atoms with Crippen molar-refractivity contribution in [3.8, 4) is 22.5 Å². The van der Waals surface area contributed by atoms with Crippen LogP contribution < -0.4 is 9.80 Å². The average molecular weight is 709 g/mol. The molecule has 18 heteroatoms. The Morgan fingerprint density at radius 3 is 1.50 bits per heavy atom. The zero-order valence-corrected chi connectivity index (χ0v) is 27.3. The van der Waals surface area contributed by atoms with Gasteiger partial charge in [0.05, 0.1) is 18.0 Å². The Kier molecular flexibility index (Phi) is 10.4. The van der Waals surface area contributed by atoms with Crippen LogP contribution in [-0.2, 0) is 18.8 Å². The number of piperidine rings is 2. The van der Waals surface area contributed by atoms with Crippen LogP contribution in [0.25, 0.3) is 22.5 Å². The Morgan fingerprint density at radius 1 is 0.740 bits per heavy atom. The quantitative estimate of drug-likeness (QED) is 0.192. The van der Waals surface area contributed by atoms with Crippen molar-refractivity contribution >= 4 is 23.6 Å². The summed E-state index contributed by atoms with van der Waals surface area (Å²) in [6.45, 7) is 2.08. The number of aryl methyl sites for hydroxylation is 2. The van der Waals surface area contributed by atoms with Crippen molar-refractivity contribution < 1.29 is 45.8 Å². The monoisotopic (exact) mass is 708 g/mol. The molecule has 0 amide bonds. The highest BCUT2D eigenvalue weighted by molar-refractivity contribution is 5.89. The molecule has 12 nitrogen and oxygen atoms in total. The summed E-state index contributed by atoms with van der Waals surface area (Å²) < 4.78 is 89.4. The average Bonchev–Trinajstić information content (AvgIpc) is 3.65. The molecule has 6 rings (SSSR count). The Balaban J connectivity index is 0.000000195. The van der Waals surface area contributed by atoms with Crippen molar-refractivity contribution in [1.82, 2.24) is 29.5 Å². The minimum atomic E-state index is -2.71. The summed E-state index contributed by atoms with van der Waals surface area (Å²) in [5, 5.41) is 16.8. The summed E-state index contributed by atoms with van der Waals surface area (Å²) in [6, 6.07) is 5.29. The number of anilines is 2. The van der Waals surface area contributed by atoms with Crippen molar-refractivity contribution in [2.75, 3.05) is 42.6 Å². The van der Waals surface area contributed by atoms with Crippen LogP contribution in [-0.4, -0.2) is 91.2 Å². The molecule has 0 unspecified atom stereocenters. The molecule has 0 aliphatic carbocycles. The molecular weight excluding hydrogens is 674 g/mol. The van der Waals surface area contributed by atoms with E-state index in [-0.39, 0.29) is 81.5 Å². The molecule has 2 saturated heterocycles. The molecule has 0 bridgehead atoms. The zero-order valence-electron chi connectivity index (χ0n) is 27.3. The molecule has 268 valence electrons. The fraction of sp³-hybridized carbons (Fsp3) is 0.438. The zero-order chi connectivity index (χ0) is 36.4. The number of esters is 1. The van der Waals surface area contributed by atoms with E-state index in [2.05, 4.69) is 20.2 Å². The molecule has 0 spiro atoms. The van der Waals surface area contributed by atoms with E-state index < -0.39 is 35.4 Å². The minimum Gasteiger partial charge on any atom is -0.476 e. The van der Waals surface area contributed by atoms with Gasteiger partial charge < -0.3 is 19.6 Å². The van der Waals surface area contributed by atoms with E-state index in [1.165, 1.54) is 55.8 Å². The van der Waals surface area contributed by atoms with Gasteiger partial charge >= 0.3 is 11.9 Å². The van der Waals surface area contributed by atoms with Crippen LogP contribution in [0.4, 0.5) is 38.0 Å². The number of carboxylic acid groups (broad SMARTS) is 1. The first-order valence-corrected chi connectivity index (χ1v) is 15.6. The maximum absolute atomic E-state index is 14.5. The fourth-order valence-corrected chi connectivity index (χ4v) is 5.58. The molecular formula is C32H34F6N8O4. The highest BCUT2D eigenvalue weighted by Gasteiger charge is 2.36. The number of pyridine rings is 2. The van der Waals surface area contributed by atoms with E-state index >= 15 is 0 Å². The van der Waals surface area contributed by atoms with Crippen molar-refractivity contribution in [2.24, 2.45) is 14.1 Å². The molecule has 2 aliphatic heterocycles. The topological polar surface area (TPSA) is 132 Å². The number of halogens is 6. The third kappa shape index (κ3) is 8.16. The molecule has 0 radical (unpaired) electrons. The van der Waals surface area contributed by atoms with Crippen molar-refractivity contribution in [3.05, 3.63) is 59.7 Å². The molecule has 0 saturated carbocycles. The van der Waals surface area contributed by atoms with Gasteiger partial charge in [0, 0.05) is 89.5 Å². The number of carboxylic acids is 1. The van der Waals surface area contributed by atoms with Crippen LogP contribution in [0.2, 0.25) is 0 Å². The van der Waals surface area contributed by atoms with Crippen LogP contribution in [0.1, 0.15) is 53.6 Å². The maximum atomic E-state index is 14.5. The normalized spacial score (nSPS) is 16.8. The number of hydrogen-bond acceptors (Lipinski definition) is 9. The summed E-state index contributed by atoms with van der Waals surface area (Å²) in [7, 11) is 3.16. The first-order chi connectivity index (χ1) is 23.6. The van der Waals surface area contributed by atoms with Crippen LogP contribution in [0, 0.1) is 11.6 Å². The van der Waals surface area contributed by atoms with E-state index in [0.29, 0.717) is 22.5 Å². The Bertz CT molecular complexity index is 1860. The summed E-state index contributed by atoms with van der Waals surface area (Å²) in [5.74, 6) is -8.33. The number of aromatic nitrogens is 6. The second-order valence-electron chi connectivity index (χ2n) is 11.8. The SMILES string of the molecule is CCOC(=O)c1cc(-c2cnc(N3CCC(F)(F)CC3)c(F)c2)n(C)n1.Cn1nc(C(=O)O)cc1-c1cnc(N2CCC(F)(F)CC2)c(F)c1. The van der Waals surface area contributed by atoms with E-state index in [4.69, 9.17) is 9.84 Å². The van der Waals surface area contributed by atoms with Crippen LogP contribution in [0.15, 0.2) is 36.7 Å². The molecule has 4 aromatic rings. The van der Waals surface area contributed by atoms with Crippen LogP contribution in [0.5, 0.6) is 0 Å². The van der Waals surface area contributed by atoms with Crippen molar-refractivity contribution in [1.29, 1.82) is 0 Å². The van der Waals surface area contributed by atoms with E-state index in [9.17, 15) is 35.9 Å². The van der Waals surface area contributed by atoms with Gasteiger partial charge in [-0.3, -0.25) is 9.36 Å². The Morgan fingerprint density at radius 2 is 1.14 bits per heavy atom. The number of hydrogen-bond donors (Lipinski definition) is 1. The largest absolute Gasteiger partial charge is 0.476 e. The van der Waals surface area contributed by atoms with E-state index in [1.807, 2.05) is 0 Å². The molecule has 0 aromatic carbocycles. The third-order valence-electron chi connectivity index (χ3n) is 8.29. The minimum absolute atomic E-state index is 0.0230. The van der Waals surface area contributed by atoms with Crippen LogP contribution >= 0.6 is 0 Å². The van der Waals surface area contributed by atoms with Gasteiger partial charge in [0.2, 0.25) is 0 Å². The molecule has 2 fully saturated rings. The highest BCUT2D eigenvalue weighted by atomic mass is 19.3. The first-order valence-electron chi connectivity index (χ1n) is 15.6. The number of alkyl halides is 4. The molecule has 50 heavy (non-hydrogen) atoms. The second kappa shape index (κ2) is 14.4. The van der Waals surface area contributed by atoms with Gasteiger partial charge in [0.25, 0.3) is 11.8 Å². The van der Waals surface area contributed by atoms with Crippen molar-refractivity contribution in [3.63, 3.8) is 0 Å². The third-order valence-corrected chi connectivity index (χ3v) is 8.29. The molecule has 1 N–H and O–H groups in total. The fourth-order valence-electron chi connectivity index (χ4n) is 5.58. The standard InChI is InChI=1S/C17H19F3N4O2.C15H15F3N4O2/c1-3-26-16(25)13-9-14(23(2)22-13)11-8-12(18)15(21-10-11)24-6-4-17(19,20)5-7-24;1-21-12(7-11(20-21)14(23)24)9-6-10(16)13(19-8-9)22-4-2-15(17,18)3-5-22/h8-10H,3-7H2,1-2H3;6-8H,2-5H2,1H3,(H,23,24). The molecule has 0 atom stereocenters. The smallest absolute Gasteiger partial charge is 0.358 e. The number of rotatable bonds is 7. The molecule has 2 aliphatic rings. The van der Waals surface area contributed by atoms with Gasteiger partial charge in [-0.15, -0.1) is 0 Å². The predicted molar refractivity (Wildman–Crippen MR) is 168 cm³/mol. The number of carbonyl (C=O) groups is 2. The summed E-state index contributed by atoms with van der Waals surface area (Å²) >= 11 is 0. The first kappa shape index (κ1) is 36.1. The van der Waals surface area contributed by atoms with Gasteiger partial charge in [-0.1, -0.05) is 0 Å². The number of carbonyl (C=O) groups excluding carboxylic acids is 1. The van der Waals surface area contributed by atoms with E-state index in [1.54, 1.807) is 21.0 Å². The summed E-state index contributed by atoms with van der Waals surface area (Å²) in [4.78, 5) is 33.9. The molecule has 6 heterocycles. The number of nitrogens with zero attached hydrogens (tertiary/aromatic N) is 8. The Hall–Kier alpha value is -5.16. The van der Waals surface area contributed by atoms with Gasteiger partial charge in [-0.25, -0.2) is 45.9 Å². The lowest BCUT2D eigenvalue weighted by Gasteiger charge is -2.32. The van der Waals surface area contributed by atoms with Gasteiger partial charge in [-0.2, -0.15) is 10.2 Å². The van der Waals surface area contributed by atoms with Gasteiger partial charge in [0.15, 0.2) is 34.7 Å². The van der Waals surface area contributed by atoms with Crippen molar-refractivity contribution in [2.45, 2.75) is 44.5 Å². The lowest BCUT2D eigenvalue weighted by molar-refractivity contribution is -0.0228. The van der Waals surface area contributed by atoms with Gasteiger partial charge in [0.1, 0.15) is 0 Å². The lowest BCUT2D eigenvalue weighted by Crippen LogP contribution is -2.40. The molecule has 4 aromatic heterocycles. The number of aromatic carboxylic acids is 1. The summed E-state index contributed by atoms with van der Waals surface area (Å²) in [5.41, 5.74) is 1.65. The van der Waals surface area contributed by atoms with Crippen LogP contribution in [0.3, 0.4) is 0 Å². The lowest BCUT2D eigenvalue weighted by atomic mass is 10.1. The Labute approximate surface area is 282 Å². The second-order valence-corrected chi connectivity index (χ2v) is 11.8. The van der Waals surface area contributed by atoms with E-state index in [0.717, 1.165) is 0 Å². The highest BCUT2D eigenvalue weighted by Crippen LogP contribution is 2.33. The maximum Gasteiger partial charge on any atom is 0.358 e. The predicted octanol–water partition coefficient (Wildman–Crippen LogP) is 5.59. The number of ether oxygens (including phenoxy) is 1. The summed E-state index contributed by atoms with van der Waals surface area (Å²) in [6.07, 6.45) is 1.52. The van der Waals surface area contributed by atoms with Gasteiger partial charge in [-0.05, 0) is 31.2 Å².